The van der Waals surface area contributed by atoms with Gasteiger partial charge in [-0.15, -0.1) is 0 Å². The van der Waals surface area contributed by atoms with Crippen LogP contribution in [0.3, 0.4) is 0 Å². The SMILES string of the molecule is CN(c1ccccc1)S(=O)(=O)c1cccc(NC(=O)C2CCCc3ccccc32)c1. The van der Waals surface area contributed by atoms with Crippen molar-refractivity contribution >= 4 is 27.3 Å². The highest BCUT2D eigenvalue weighted by molar-refractivity contribution is 7.92. The minimum absolute atomic E-state index is 0.104. The molecule has 1 unspecified atom stereocenters. The molecule has 1 aliphatic rings. The van der Waals surface area contributed by atoms with Crippen molar-refractivity contribution in [2.24, 2.45) is 0 Å². The molecular formula is C24H24N2O3S. The highest BCUT2D eigenvalue weighted by Crippen LogP contribution is 2.32. The van der Waals surface area contributed by atoms with Gasteiger partial charge in [-0.1, -0.05) is 48.5 Å². The molecule has 4 rings (SSSR count). The third-order valence-corrected chi connectivity index (χ3v) is 7.35. The summed E-state index contributed by atoms with van der Waals surface area (Å²) in [5.41, 5.74) is 3.33. The van der Waals surface area contributed by atoms with Crippen molar-refractivity contribution in [1.29, 1.82) is 0 Å². The molecule has 3 aromatic rings. The second-order valence-corrected chi connectivity index (χ2v) is 9.44. The quantitative estimate of drug-likeness (QED) is 0.657. The number of para-hydroxylation sites is 1. The van der Waals surface area contributed by atoms with E-state index in [-0.39, 0.29) is 16.7 Å². The number of sulfonamides is 1. The van der Waals surface area contributed by atoms with Crippen LogP contribution in [0, 0.1) is 0 Å². The second-order valence-electron chi connectivity index (χ2n) is 7.47. The maximum absolute atomic E-state index is 13.0. The summed E-state index contributed by atoms with van der Waals surface area (Å²) in [6, 6.07) is 23.4. The van der Waals surface area contributed by atoms with Crippen LogP contribution >= 0.6 is 0 Å². The molecule has 0 fully saturated rings. The van der Waals surface area contributed by atoms with E-state index in [9.17, 15) is 13.2 Å². The van der Waals surface area contributed by atoms with Crippen LogP contribution in [0.5, 0.6) is 0 Å². The van der Waals surface area contributed by atoms with E-state index in [0.717, 1.165) is 24.8 Å². The number of fused-ring (bicyclic) bond motifs is 1. The lowest BCUT2D eigenvalue weighted by atomic mass is 9.82. The first kappa shape index (κ1) is 20.2. The highest BCUT2D eigenvalue weighted by atomic mass is 32.2. The lowest BCUT2D eigenvalue weighted by Crippen LogP contribution is -2.27. The number of aryl methyl sites for hydroxylation is 1. The topological polar surface area (TPSA) is 66.5 Å². The number of rotatable bonds is 5. The molecule has 0 radical (unpaired) electrons. The minimum atomic E-state index is -3.74. The second kappa shape index (κ2) is 8.32. The van der Waals surface area contributed by atoms with Crippen LogP contribution in [0.25, 0.3) is 0 Å². The van der Waals surface area contributed by atoms with E-state index in [4.69, 9.17) is 0 Å². The van der Waals surface area contributed by atoms with Gasteiger partial charge in [0.05, 0.1) is 16.5 Å². The van der Waals surface area contributed by atoms with Crippen LogP contribution in [0.2, 0.25) is 0 Å². The van der Waals surface area contributed by atoms with Crippen LogP contribution in [0.4, 0.5) is 11.4 Å². The molecule has 0 saturated heterocycles. The van der Waals surface area contributed by atoms with Gasteiger partial charge in [-0.3, -0.25) is 9.10 Å². The van der Waals surface area contributed by atoms with Crippen LogP contribution in [-0.4, -0.2) is 21.4 Å². The van der Waals surface area contributed by atoms with Gasteiger partial charge in [-0.2, -0.15) is 0 Å². The van der Waals surface area contributed by atoms with E-state index in [1.54, 1.807) is 42.5 Å². The molecule has 1 N–H and O–H groups in total. The summed E-state index contributed by atoms with van der Waals surface area (Å²) >= 11 is 0. The van der Waals surface area contributed by atoms with Gasteiger partial charge >= 0.3 is 0 Å². The van der Waals surface area contributed by atoms with E-state index in [1.807, 2.05) is 24.3 Å². The van der Waals surface area contributed by atoms with Gasteiger partial charge in [-0.05, 0) is 60.7 Å². The molecule has 30 heavy (non-hydrogen) atoms. The molecule has 1 amide bonds. The Hall–Kier alpha value is -3.12. The first-order chi connectivity index (χ1) is 14.5. The fraction of sp³-hybridized carbons (Fsp3) is 0.208. The van der Waals surface area contributed by atoms with Crippen LogP contribution in [-0.2, 0) is 21.2 Å². The van der Waals surface area contributed by atoms with Crippen molar-refractivity contribution in [2.45, 2.75) is 30.1 Å². The Balaban J connectivity index is 1.56. The monoisotopic (exact) mass is 420 g/mol. The number of hydrogen-bond acceptors (Lipinski definition) is 3. The summed E-state index contributed by atoms with van der Waals surface area (Å²) < 4.78 is 27.3. The van der Waals surface area contributed by atoms with Gasteiger partial charge in [0, 0.05) is 12.7 Å². The molecule has 1 atom stereocenters. The van der Waals surface area contributed by atoms with Crippen molar-refractivity contribution in [1.82, 2.24) is 0 Å². The predicted molar refractivity (Wildman–Crippen MR) is 119 cm³/mol. The Bertz CT molecular complexity index is 1160. The van der Waals surface area contributed by atoms with Gasteiger partial charge in [0.2, 0.25) is 5.91 Å². The molecule has 0 aliphatic heterocycles. The number of carbonyl (C=O) groups is 1. The number of carbonyl (C=O) groups excluding carboxylic acids is 1. The van der Waals surface area contributed by atoms with Crippen molar-refractivity contribution < 1.29 is 13.2 Å². The molecule has 0 spiro atoms. The average molecular weight is 421 g/mol. The fourth-order valence-corrected chi connectivity index (χ4v) is 5.17. The zero-order valence-corrected chi connectivity index (χ0v) is 17.6. The zero-order valence-electron chi connectivity index (χ0n) is 16.8. The predicted octanol–water partition coefficient (Wildman–Crippen LogP) is 4.57. The Labute approximate surface area is 177 Å². The molecular weight excluding hydrogens is 396 g/mol. The molecule has 1 aliphatic carbocycles. The molecule has 0 saturated carbocycles. The van der Waals surface area contributed by atoms with Crippen molar-refractivity contribution in [3.8, 4) is 0 Å². The minimum Gasteiger partial charge on any atom is -0.326 e. The van der Waals surface area contributed by atoms with Crippen molar-refractivity contribution in [3.05, 3.63) is 90.0 Å². The van der Waals surface area contributed by atoms with E-state index in [1.165, 1.54) is 23.0 Å². The number of nitrogens with zero attached hydrogens (tertiary/aromatic N) is 1. The van der Waals surface area contributed by atoms with Crippen molar-refractivity contribution in [3.63, 3.8) is 0 Å². The summed E-state index contributed by atoms with van der Waals surface area (Å²) in [7, 11) is -2.22. The molecule has 0 heterocycles. The van der Waals surface area contributed by atoms with E-state index in [0.29, 0.717) is 11.4 Å². The van der Waals surface area contributed by atoms with Crippen molar-refractivity contribution in [2.75, 3.05) is 16.7 Å². The van der Waals surface area contributed by atoms with E-state index < -0.39 is 10.0 Å². The Morgan fingerprint density at radius 1 is 0.967 bits per heavy atom. The number of benzene rings is 3. The maximum Gasteiger partial charge on any atom is 0.264 e. The number of nitrogens with one attached hydrogen (secondary N) is 1. The van der Waals surface area contributed by atoms with E-state index >= 15 is 0 Å². The Morgan fingerprint density at radius 2 is 1.70 bits per heavy atom. The molecule has 3 aromatic carbocycles. The normalized spacial score (nSPS) is 15.8. The smallest absolute Gasteiger partial charge is 0.264 e. The van der Waals surface area contributed by atoms with Gasteiger partial charge in [0.1, 0.15) is 0 Å². The third kappa shape index (κ3) is 3.96. The third-order valence-electron chi connectivity index (χ3n) is 5.57. The van der Waals surface area contributed by atoms with Crippen LogP contribution < -0.4 is 9.62 Å². The number of hydrogen-bond donors (Lipinski definition) is 1. The molecule has 6 heteroatoms. The van der Waals surface area contributed by atoms with Gasteiger partial charge in [-0.25, -0.2) is 8.42 Å². The largest absolute Gasteiger partial charge is 0.326 e. The highest BCUT2D eigenvalue weighted by Gasteiger charge is 2.27. The average Bonchev–Trinajstić information content (AvgIpc) is 2.79. The lowest BCUT2D eigenvalue weighted by Gasteiger charge is -2.25. The Kier molecular flexibility index (Phi) is 5.59. The molecule has 154 valence electrons. The number of anilines is 2. The Morgan fingerprint density at radius 3 is 2.50 bits per heavy atom. The summed E-state index contributed by atoms with van der Waals surface area (Å²) in [5.74, 6) is -0.324. The summed E-state index contributed by atoms with van der Waals surface area (Å²) in [4.78, 5) is 13.1. The first-order valence-electron chi connectivity index (χ1n) is 9.99. The summed E-state index contributed by atoms with van der Waals surface area (Å²) in [6.07, 6.45) is 2.74. The zero-order chi connectivity index (χ0) is 21.1. The standard InChI is InChI=1S/C24H24N2O3S/c1-26(20-12-3-2-4-13-20)30(28,29)21-14-8-11-19(17-21)25-24(27)23-16-7-10-18-9-5-6-15-22(18)23/h2-6,8-9,11-15,17,23H,7,10,16H2,1H3,(H,25,27). The van der Waals surface area contributed by atoms with Crippen LogP contribution in [0.1, 0.15) is 29.9 Å². The van der Waals surface area contributed by atoms with E-state index in [2.05, 4.69) is 11.4 Å². The van der Waals surface area contributed by atoms with Gasteiger partial charge in [0.15, 0.2) is 0 Å². The summed E-state index contributed by atoms with van der Waals surface area (Å²) in [6.45, 7) is 0. The maximum atomic E-state index is 13.0. The summed E-state index contributed by atoms with van der Waals surface area (Å²) in [5, 5.41) is 2.92. The lowest BCUT2D eigenvalue weighted by molar-refractivity contribution is -0.117. The number of amides is 1. The first-order valence-corrected chi connectivity index (χ1v) is 11.4. The van der Waals surface area contributed by atoms with Crippen LogP contribution in [0.15, 0.2) is 83.8 Å². The fourth-order valence-electron chi connectivity index (χ4n) is 3.92. The molecule has 0 bridgehead atoms. The molecule has 0 aromatic heterocycles. The van der Waals surface area contributed by atoms with Gasteiger partial charge < -0.3 is 5.32 Å². The molecule has 5 nitrogen and oxygen atoms in total. The van der Waals surface area contributed by atoms with Gasteiger partial charge in [0.25, 0.3) is 10.0 Å².